The van der Waals surface area contributed by atoms with E-state index >= 15 is 0 Å². The number of halogens is 2. The number of hydrogen-bond donors (Lipinski definition) is 3. The molecule has 0 aliphatic carbocycles. The summed E-state index contributed by atoms with van der Waals surface area (Å²) in [6.07, 6.45) is 6.38. The highest BCUT2D eigenvalue weighted by Crippen LogP contribution is 2.32. The van der Waals surface area contributed by atoms with Crippen LogP contribution in [0.5, 0.6) is 0 Å². The molecule has 2 aromatic heterocycles. The predicted molar refractivity (Wildman–Crippen MR) is 143 cm³/mol. The number of anilines is 4. The lowest BCUT2D eigenvalue weighted by atomic mass is 10.1. The molecular weight excluding hydrogens is 488 g/mol. The van der Waals surface area contributed by atoms with Gasteiger partial charge in [-0.1, -0.05) is 6.07 Å². The molecule has 4 aromatic rings. The normalized spacial score (nSPS) is 15.3. The maximum Gasteiger partial charge on any atom is 0.329 e. The highest BCUT2D eigenvalue weighted by atomic mass is 19.3. The van der Waals surface area contributed by atoms with Gasteiger partial charge in [-0.2, -0.15) is 8.78 Å². The smallest absolute Gasteiger partial charge is 0.324 e. The summed E-state index contributed by atoms with van der Waals surface area (Å²) in [6.45, 7) is 3.15. The van der Waals surface area contributed by atoms with Crippen LogP contribution in [0, 0.1) is 6.92 Å². The minimum Gasteiger partial charge on any atom is -0.324 e. The van der Waals surface area contributed by atoms with Crippen LogP contribution in [0.3, 0.4) is 0 Å². The molecule has 1 unspecified atom stereocenters. The number of rotatable bonds is 9. The second kappa shape index (κ2) is 11.0. The number of carbonyl (C=O) groups is 1. The lowest BCUT2D eigenvalue weighted by Gasteiger charge is -2.24. The van der Waals surface area contributed by atoms with Crippen molar-refractivity contribution < 1.29 is 13.6 Å². The summed E-state index contributed by atoms with van der Waals surface area (Å²) in [5.41, 5.74) is 4.07. The van der Waals surface area contributed by atoms with Crippen molar-refractivity contribution in [3.63, 3.8) is 0 Å². The van der Waals surface area contributed by atoms with Crippen LogP contribution in [0.4, 0.5) is 31.8 Å². The van der Waals surface area contributed by atoms with Crippen LogP contribution < -0.4 is 20.9 Å². The number of pyridine rings is 1. The average molecular weight is 516 g/mol. The number of aryl methyl sites for hydroxylation is 1. The van der Waals surface area contributed by atoms with Gasteiger partial charge in [0.2, 0.25) is 12.4 Å². The number of aromatic nitrogens is 3. The van der Waals surface area contributed by atoms with Gasteiger partial charge in [-0.3, -0.25) is 14.7 Å². The fraction of sp³-hybridized carbons (Fsp3) is 0.214. The molecule has 3 N–H and O–H groups in total. The Balaban J connectivity index is 1.36. The molecular formula is C28H27F2N7O. The number of benzene rings is 2. The van der Waals surface area contributed by atoms with Crippen LogP contribution in [0.15, 0.2) is 79.3 Å². The van der Waals surface area contributed by atoms with E-state index in [1.54, 1.807) is 36.8 Å². The molecule has 8 nitrogen and oxygen atoms in total. The molecule has 194 valence electrons. The fourth-order valence-electron chi connectivity index (χ4n) is 4.33. The van der Waals surface area contributed by atoms with Crippen molar-refractivity contribution in [2.24, 2.45) is 0 Å². The van der Waals surface area contributed by atoms with Crippen molar-refractivity contribution in [1.82, 2.24) is 25.6 Å². The molecule has 3 heterocycles. The third-order valence-corrected chi connectivity index (χ3v) is 6.42. The summed E-state index contributed by atoms with van der Waals surface area (Å²) < 4.78 is 29.5. The second-order valence-electron chi connectivity index (χ2n) is 9.06. The molecule has 1 amide bonds. The summed E-state index contributed by atoms with van der Waals surface area (Å²) >= 11 is 0. The van der Waals surface area contributed by atoms with Gasteiger partial charge in [0.1, 0.15) is 0 Å². The van der Waals surface area contributed by atoms with Crippen molar-refractivity contribution in [2.45, 2.75) is 25.4 Å². The van der Waals surface area contributed by atoms with Gasteiger partial charge in [0, 0.05) is 53.7 Å². The van der Waals surface area contributed by atoms with E-state index in [9.17, 15) is 13.6 Å². The summed E-state index contributed by atoms with van der Waals surface area (Å²) in [7, 11) is 0. The minimum absolute atomic E-state index is 0.157. The Kier molecular flexibility index (Phi) is 7.34. The average Bonchev–Trinajstić information content (AvgIpc) is 3.44. The van der Waals surface area contributed by atoms with Gasteiger partial charge in [0.05, 0.1) is 11.4 Å². The Hall–Kier alpha value is -4.28. The zero-order chi connectivity index (χ0) is 26.5. The second-order valence-corrected chi connectivity index (χ2v) is 9.06. The molecule has 38 heavy (non-hydrogen) atoms. The number of nitrogens with one attached hydrogen (secondary N) is 3. The largest absolute Gasteiger partial charge is 0.329 e. The zero-order valence-electron chi connectivity index (χ0n) is 20.7. The van der Waals surface area contributed by atoms with Gasteiger partial charge in [-0.15, -0.1) is 0 Å². The Labute approximate surface area is 219 Å². The highest BCUT2D eigenvalue weighted by molar-refractivity contribution is 5.88. The first-order chi connectivity index (χ1) is 18.4. The van der Waals surface area contributed by atoms with E-state index in [1.807, 2.05) is 25.1 Å². The summed E-state index contributed by atoms with van der Waals surface area (Å²) in [4.78, 5) is 26.5. The zero-order valence-corrected chi connectivity index (χ0v) is 20.7. The Morgan fingerprint density at radius 3 is 2.61 bits per heavy atom. The van der Waals surface area contributed by atoms with Crippen molar-refractivity contribution in [1.29, 1.82) is 0 Å². The maximum atomic E-state index is 14.7. The van der Waals surface area contributed by atoms with Crippen LogP contribution in [0.2, 0.25) is 0 Å². The summed E-state index contributed by atoms with van der Waals surface area (Å²) in [5.74, 6) is 0.390. The first-order valence-electron chi connectivity index (χ1n) is 12.3. The van der Waals surface area contributed by atoms with Crippen molar-refractivity contribution in [3.8, 4) is 11.3 Å². The molecule has 1 atom stereocenters. The lowest BCUT2D eigenvalue weighted by molar-refractivity contribution is -0.106. The first-order valence-corrected chi connectivity index (χ1v) is 12.3. The van der Waals surface area contributed by atoms with Gasteiger partial charge in [0.15, 0.2) is 0 Å². The summed E-state index contributed by atoms with van der Waals surface area (Å²) in [6, 6.07) is 13.2. The Morgan fingerprint density at radius 1 is 1.08 bits per heavy atom. The van der Waals surface area contributed by atoms with Crippen LogP contribution in [0.1, 0.15) is 17.5 Å². The van der Waals surface area contributed by atoms with Crippen LogP contribution in [-0.4, -0.2) is 40.5 Å². The fourth-order valence-corrected chi connectivity index (χ4v) is 4.33. The molecule has 10 heteroatoms. The van der Waals surface area contributed by atoms with E-state index in [-0.39, 0.29) is 11.6 Å². The van der Waals surface area contributed by atoms with E-state index in [2.05, 4.69) is 30.9 Å². The molecule has 2 aromatic carbocycles. The first kappa shape index (κ1) is 25.4. The van der Waals surface area contributed by atoms with Gasteiger partial charge in [0.25, 0.3) is 0 Å². The monoisotopic (exact) mass is 515 g/mol. The SMILES string of the molecule is Cc1ccc(N(C=O)c2ccc(C(F)(F)NC3CCNC3)cc2)cc1Nc1nccc(-c2cccnc2)n1. The number of amides is 1. The third-order valence-electron chi connectivity index (χ3n) is 6.42. The van der Waals surface area contributed by atoms with Gasteiger partial charge < -0.3 is 10.6 Å². The molecule has 0 spiro atoms. The Bertz CT molecular complexity index is 1390. The molecule has 5 rings (SSSR count). The topological polar surface area (TPSA) is 95.1 Å². The number of alkyl halides is 2. The van der Waals surface area contributed by atoms with Crippen LogP contribution in [-0.2, 0) is 10.8 Å². The molecule has 1 saturated heterocycles. The molecule has 0 radical (unpaired) electrons. The maximum absolute atomic E-state index is 14.7. The highest BCUT2D eigenvalue weighted by Gasteiger charge is 2.35. The molecule has 0 bridgehead atoms. The van der Waals surface area contributed by atoms with Gasteiger partial charge in [-0.05, 0) is 80.1 Å². The quantitative estimate of drug-likeness (QED) is 0.216. The lowest BCUT2D eigenvalue weighted by Crippen LogP contribution is -2.42. The van der Waals surface area contributed by atoms with Crippen molar-refractivity contribution in [3.05, 3.63) is 90.4 Å². The van der Waals surface area contributed by atoms with E-state index < -0.39 is 6.05 Å². The number of carbonyl (C=O) groups excluding carboxylic acids is 1. The molecule has 1 aliphatic rings. The van der Waals surface area contributed by atoms with Crippen molar-refractivity contribution in [2.75, 3.05) is 23.3 Å². The standard InChI is InChI=1S/C28H27F2N7O/c1-19-4-7-24(15-26(19)35-27-33-14-11-25(34-27)20-3-2-12-31-16-20)37(18-38)23-8-5-21(6-9-23)28(29,30)36-22-10-13-32-17-22/h2-9,11-12,14-16,18,22,32,36H,10,13,17H2,1H3,(H,33,34,35). The van der Waals surface area contributed by atoms with E-state index in [0.717, 1.165) is 23.4 Å². The van der Waals surface area contributed by atoms with E-state index in [1.165, 1.54) is 29.2 Å². The molecule has 1 fully saturated rings. The Morgan fingerprint density at radius 2 is 1.89 bits per heavy atom. The summed E-state index contributed by atoms with van der Waals surface area (Å²) in [5, 5.41) is 8.71. The van der Waals surface area contributed by atoms with E-state index in [0.29, 0.717) is 42.4 Å². The number of nitrogens with zero attached hydrogens (tertiary/aromatic N) is 4. The predicted octanol–water partition coefficient (Wildman–Crippen LogP) is 4.89. The van der Waals surface area contributed by atoms with Crippen molar-refractivity contribution >= 4 is 29.4 Å². The third kappa shape index (κ3) is 5.66. The van der Waals surface area contributed by atoms with Crippen LogP contribution in [0.25, 0.3) is 11.3 Å². The van der Waals surface area contributed by atoms with Crippen LogP contribution >= 0.6 is 0 Å². The van der Waals surface area contributed by atoms with Gasteiger partial charge >= 0.3 is 6.05 Å². The number of hydrogen-bond acceptors (Lipinski definition) is 7. The van der Waals surface area contributed by atoms with E-state index in [4.69, 9.17) is 0 Å². The molecule has 1 aliphatic heterocycles. The molecule has 0 saturated carbocycles. The minimum atomic E-state index is -3.17. The van der Waals surface area contributed by atoms with Gasteiger partial charge in [-0.25, -0.2) is 15.3 Å².